The van der Waals surface area contributed by atoms with E-state index in [4.69, 9.17) is 0 Å². The SMILES string of the molecule is CC1CCCN(c2ccc(C(=O)Nc3c(F)cccc3F)nc2)C1. The molecule has 1 N–H and O–H groups in total. The van der Waals surface area contributed by atoms with Crippen molar-refractivity contribution in [3.05, 3.63) is 53.9 Å². The molecular formula is C18H19F2N3O. The zero-order valence-corrected chi connectivity index (χ0v) is 13.4. The van der Waals surface area contributed by atoms with E-state index >= 15 is 0 Å². The molecule has 2 aromatic rings. The maximum atomic E-state index is 13.6. The molecule has 0 bridgehead atoms. The third kappa shape index (κ3) is 3.53. The predicted molar refractivity (Wildman–Crippen MR) is 89.2 cm³/mol. The maximum absolute atomic E-state index is 13.6. The highest BCUT2D eigenvalue weighted by molar-refractivity contribution is 6.03. The van der Waals surface area contributed by atoms with E-state index in [9.17, 15) is 13.6 Å². The van der Waals surface area contributed by atoms with Gasteiger partial charge in [-0.1, -0.05) is 13.0 Å². The van der Waals surface area contributed by atoms with Gasteiger partial charge in [0.2, 0.25) is 0 Å². The van der Waals surface area contributed by atoms with E-state index in [1.54, 1.807) is 12.3 Å². The Labute approximate surface area is 139 Å². The molecule has 0 radical (unpaired) electrons. The number of anilines is 2. The molecule has 0 aliphatic carbocycles. The van der Waals surface area contributed by atoms with Gasteiger partial charge in [0.05, 0.1) is 11.9 Å². The van der Waals surface area contributed by atoms with Gasteiger partial charge in [-0.15, -0.1) is 0 Å². The Morgan fingerprint density at radius 2 is 2.00 bits per heavy atom. The van der Waals surface area contributed by atoms with Crippen LogP contribution in [0.1, 0.15) is 30.3 Å². The van der Waals surface area contributed by atoms with Crippen molar-refractivity contribution in [2.45, 2.75) is 19.8 Å². The summed E-state index contributed by atoms with van der Waals surface area (Å²) in [5.74, 6) is -1.65. The van der Waals surface area contributed by atoms with Gasteiger partial charge in [-0.05, 0) is 43.0 Å². The van der Waals surface area contributed by atoms with Crippen molar-refractivity contribution >= 4 is 17.3 Å². The normalized spacial score (nSPS) is 17.6. The van der Waals surface area contributed by atoms with Gasteiger partial charge < -0.3 is 10.2 Å². The Bertz CT molecular complexity index is 713. The third-order valence-electron chi connectivity index (χ3n) is 4.20. The van der Waals surface area contributed by atoms with Gasteiger partial charge in [0, 0.05) is 13.1 Å². The average Bonchev–Trinajstić information content (AvgIpc) is 2.58. The summed E-state index contributed by atoms with van der Waals surface area (Å²) in [7, 11) is 0. The number of hydrogen-bond acceptors (Lipinski definition) is 3. The summed E-state index contributed by atoms with van der Waals surface area (Å²) >= 11 is 0. The van der Waals surface area contributed by atoms with Crippen LogP contribution in [0.15, 0.2) is 36.5 Å². The summed E-state index contributed by atoms with van der Waals surface area (Å²) < 4.78 is 27.2. The summed E-state index contributed by atoms with van der Waals surface area (Å²) in [5, 5.41) is 2.24. The zero-order chi connectivity index (χ0) is 17.1. The smallest absolute Gasteiger partial charge is 0.274 e. The lowest BCUT2D eigenvalue weighted by molar-refractivity contribution is 0.102. The number of nitrogens with one attached hydrogen (secondary N) is 1. The highest BCUT2D eigenvalue weighted by Crippen LogP contribution is 2.23. The van der Waals surface area contributed by atoms with Crippen LogP contribution >= 0.6 is 0 Å². The first-order chi connectivity index (χ1) is 11.5. The van der Waals surface area contributed by atoms with Crippen LogP contribution in [0, 0.1) is 17.6 Å². The number of aromatic nitrogens is 1. The van der Waals surface area contributed by atoms with Crippen LogP contribution < -0.4 is 10.2 Å². The van der Waals surface area contributed by atoms with Gasteiger partial charge in [0.1, 0.15) is 23.0 Å². The van der Waals surface area contributed by atoms with Crippen molar-refractivity contribution in [2.75, 3.05) is 23.3 Å². The van der Waals surface area contributed by atoms with Crippen molar-refractivity contribution in [2.24, 2.45) is 5.92 Å². The first-order valence-corrected chi connectivity index (χ1v) is 8.01. The fourth-order valence-corrected chi connectivity index (χ4v) is 2.93. The summed E-state index contributed by atoms with van der Waals surface area (Å²) in [6.07, 6.45) is 3.99. The van der Waals surface area contributed by atoms with Gasteiger partial charge in [-0.2, -0.15) is 0 Å². The monoisotopic (exact) mass is 331 g/mol. The van der Waals surface area contributed by atoms with E-state index in [0.29, 0.717) is 5.92 Å². The lowest BCUT2D eigenvalue weighted by Gasteiger charge is -2.32. The maximum Gasteiger partial charge on any atom is 0.274 e. The second-order valence-corrected chi connectivity index (χ2v) is 6.15. The van der Waals surface area contributed by atoms with E-state index in [1.165, 1.54) is 12.5 Å². The minimum atomic E-state index is -0.817. The molecule has 1 aromatic heterocycles. The van der Waals surface area contributed by atoms with Crippen LogP contribution in [-0.4, -0.2) is 24.0 Å². The van der Waals surface area contributed by atoms with Crippen molar-refractivity contribution in [3.8, 4) is 0 Å². The minimum absolute atomic E-state index is 0.117. The third-order valence-corrected chi connectivity index (χ3v) is 4.20. The molecule has 4 nitrogen and oxygen atoms in total. The number of benzene rings is 1. The molecule has 2 heterocycles. The number of pyridine rings is 1. The Balaban J connectivity index is 1.72. The van der Waals surface area contributed by atoms with Crippen molar-refractivity contribution in [1.82, 2.24) is 4.98 Å². The van der Waals surface area contributed by atoms with Crippen LogP contribution in [-0.2, 0) is 0 Å². The van der Waals surface area contributed by atoms with Crippen LogP contribution in [0.4, 0.5) is 20.2 Å². The van der Waals surface area contributed by atoms with E-state index < -0.39 is 23.2 Å². The number of rotatable bonds is 3. The molecule has 1 atom stereocenters. The molecule has 3 rings (SSSR count). The zero-order valence-electron chi connectivity index (χ0n) is 13.4. The standard InChI is InChI=1S/C18H19F2N3O/c1-12-4-3-9-23(11-12)13-7-8-16(21-10-13)18(24)22-17-14(19)5-2-6-15(17)20/h2,5-8,10,12H,3-4,9,11H2,1H3,(H,22,24). The van der Waals surface area contributed by atoms with Gasteiger partial charge in [0.25, 0.3) is 5.91 Å². The molecule has 1 unspecified atom stereocenters. The fourth-order valence-electron chi connectivity index (χ4n) is 2.93. The second kappa shape index (κ2) is 6.95. The lowest BCUT2D eigenvalue weighted by atomic mass is 10.00. The van der Waals surface area contributed by atoms with Gasteiger partial charge >= 0.3 is 0 Å². The summed E-state index contributed by atoms with van der Waals surface area (Å²) in [4.78, 5) is 18.5. The lowest BCUT2D eigenvalue weighted by Crippen LogP contribution is -2.34. The number of piperidine rings is 1. The van der Waals surface area contributed by atoms with Crippen molar-refractivity contribution < 1.29 is 13.6 Å². The minimum Gasteiger partial charge on any atom is -0.370 e. The number of para-hydroxylation sites is 1. The van der Waals surface area contributed by atoms with E-state index in [2.05, 4.69) is 22.1 Å². The number of carbonyl (C=O) groups excluding carboxylic acids is 1. The fraction of sp³-hybridized carbons (Fsp3) is 0.333. The molecule has 1 aliphatic rings. The Kier molecular flexibility index (Phi) is 4.74. The van der Waals surface area contributed by atoms with E-state index in [0.717, 1.165) is 37.3 Å². The first-order valence-electron chi connectivity index (χ1n) is 8.01. The Morgan fingerprint density at radius 3 is 2.62 bits per heavy atom. The first kappa shape index (κ1) is 16.4. The average molecular weight is 331 g/mol. The summed E-state index contributed by atoms with van der Waals surface area (Å²) in [6.45, 7) is 4.15. The van der Waals surface area contributed by atoms with Crippen molar-refractivity contribution in [3.63, 3.8) is 0 Å². The van der Waals surface area contributed by atoms with E-state index in [1.807, 2.05) is 6.07 Å². The number of carbonyl (C=O) groups is 1. The molecule has 0 saturated carbocycles. The van der Waals surface area contributed by atoms with Gasteiger partial charge in [0.15, 0.2) is 0 Å². The largest absolute Gasteiger partial charge is 0.370 e. The molecule has 1 aliphatic heterocycles. The van der Waals surface area contributed by atoms with Gasteiger partial charge in [-0.25, -0.2) is 13.8 Å². The highest BCUT2D eigenvalue weighted by atomic mass is 19.1. The molecule has 1 aromatic carbocycles. The molecule has 1 fully saturated rings. The quantitative estimate of drug-likeness (QED) is 0.929. The molecule has 126 valence electrons. The van der Waals surface area contributed by atoms with Crippen LogP contribution in [0.25, 0.3) is 0 Å². The molecule has 1 saturated heterocycles. The Morgan fingerprint density at radius 1 is 1.25 bits per heavy atom. The topological polar surface area (TPSA) is 45.2 Å². The molecule has 1 amide bonds. The molecular weight excluding hydrogens is 312 g/mol. The summed E-state index contributed by atoms with van der Waals surface area (Å²) in [5.41, 5.74) is 0.611. The Hall–Kier alpha value is -2.50. The van der Waals surface area contributed by atoms with Crippen LogP contribution in [0.2, 0.25) is 0 Å². The predicted octanol–water partition coefficient (Wildman–Crippen LogP) is 3.85. The number of halogens is 2. The molecule has 0 spiro atoms. The number of amides is 1. The molecule has 6 heteroatoms. The van der Waals surface area contributed by atoms with Gasteiger partial charge in [-0.3, -0.25) is 4.79 Å². The number of nitrogens with zero attached hydrogens (tertiary/aromatic N) is 2. The van der Waals surface area contributed by atoms with Crippen LogP contribution in [0.3, 0.4) is 0 Å². The molecule has 24 heavy (non-hydrogen) atoms. The van der Waals surface area contributed by atoms with Crippen molar-refractivity contribution in [1.29, 1.82) is 0 Å². The number of hydrogen-bond donors (Lipinski definition) is 1. The highest BCUT2D eigenvalue weighted by Gasteiger charge is 2.18. The second-order valence-electron chi connectivity index (χ2n) is 6.15. The van der Waals surface area contributed by atoms with E-state index in [-0.39, 0.29) is 5.69 Å². The summed E-state index contributed by atoms with van der Waals surface area (Å²) in [6, 6.07) is 6.81. The van der Waals surface area contributed by atoms with Crippen LogP contribution in [0.5, 0.6) is 0 Å².